The molecule has 1 aromatic carbocycles. The number of carbonyl (C=O) groups excluding carboxylic acids is 1. The van der Waals surface area contributed by atoms with Gasteiger partial charge in [0.05, 0.1) is 12.5 Å². The number of esters is 1. The minimum atomic E-state index is -0.263. The van der Waals surface area contributed by atoms with E-state index < -0.39 is 0 Å². The zero-order valence-electron chi connectivity index (χ0n) is 12.4. The molecule has 0 aliphatic heterocycles. The Hall–Kier alpha value is -1.17. The molecule has 4 heteroatoms. The van der Waals surface area contributed by atoms with Crippen LogP contribution in [0.5, 0.6) is 0 Å². The summed E-state index contributed by atoms with van der Waals surface area (Å²) in [6.45, 7) is 0. The van der Waals surface area contributed by atoms with Crippen LogP contribution in [0.25, 0.3) is 10.8 Å². The van der Waals surface area contributed by atoms with E-state index in [0.717, 1.165) is 12.8 Å². The highest BCUT2D eigenvalue weighted by molar-refractivity contribution is 14.1. The molecule has 3 aliphatic rings. The molecular weight excluding hydrogens is 389 g/mol. The van der Waals surface area contributed by atoms with Gasteiger partial charge in [0.25, 0.3) is 0 Å². The Morgan fingerprint density at radius 1 is 1.41 bits per heavy atom. The van der Waals surface area contributed by atoms with Crippen molar-refractivity contribution in [2.75, 3.05) is 7.11 Å². The standard InChI is InChI=1S/C18H16INO2/c1-22-17(21)18-6-10-4-11-8-20-14(9-2-3-9)5-12(11)16(19)15(10)13(18)7-18/h4-5,8-9,13H,2-3,6-7H2,1H3. The molecule has 2 saturated carbocycles. The second kappa shape index (κ2) is 4.22. The van der Waals surface area contributed by atoms with E-state index in [1.807, 2.05) is 6.20 Å². The Balaban J connectivity index is 1.67. The molecule has 1 heterocycles. The number of methoxy groups -OCH3 is 1. The fourth-order valence-electron chi connectivity index (χ4n) is 4.18. The molecule has 22 heavy (non-hydrogen) atoms. The fourth-order valence-corrected chi connectivity index (χ4v) is 5.37. The van der Waals surface area contributed by atoms with E-state index in [0.29, 0.717) is 11.8 Å². The van der Waals surface area contributed by atoms with Crippen LogP contribution < -0.4 is 0 Å². The quantitative estimate of drug-likeness (QED) is 0.562. The minimum absolute atomic E-state index is 0.0367. The molecular formula is C18H16INO2. The van der Waals surface area contributed by atoms with E-state index in [9.17, 15) is 4.79 Å². The molecule has 0 amide bonds. The Kier molecular flexibility index (Phi) is 2.55. The summed E-state index contributed by atoms with van der Waals surface area (Å²) in [5.41, 5.74) is 3.69. The maximum Gasteiger partial charge on any atom is 0.312 e. The first-order chi connectivity index (χ1) is 10.6. The van der Waals surface area contributed by atoms with Crippen molar-refractivity contribution in [2.45, 2.75) is 37.5 Å². The molecule has 0 radical (unpaired) electrons. The van der Waals surface area contributed by atoms with Crippen LogP contribution in [-0.2, 0) is 16.0 Å². The van der Waals surface area contributed by atoms with Gasteiger partial charge in [0, 0.05) is 32.7 Å². The molecule has 3 nitrogen and oxygen atoms in total. The van der Waals surface area contributed by atoms with Crippen LogP contribution in [0.4, 0.5) is 0 Å². The van der Waals surface area contributed by atoms with E-state index in [2.05, 4.69) is 39.7 Å². The molecule has 2 aromatic rings. The highest BCUT2D eigenvalue weighted by Crippen LogP contribution is 2.68. The van der Waals surface area contributed by atoms with Crippen LogP contribution in [0.3, 0.4) is 0 Å². The van der Waals surface area contributed by atoms with Crippen LogP contribution in [-0.4, -0.2) is 18.1 Å². The van der Waals surface area contributed by atoms with Crippen LogP contribution in [0.1, 0.15) is 47.9 Å². The lowest BCUT2D eigenvalue weighted by Gasteiger charge is -2.11. The van der Waals surface area contributed by atoms with Gasteiger partial charge in [-0.2, -0.15) is 0 Å². The number of rotatable bonds is 2. The number of ether oxygens (including phenoxy) is 1. The van der Waals surface area contributed by atoms with Crippen molar-refractivity contribution >= 4 is 39.3 Å². The Labute approximate surface area is 142 Å². The Morgan fingerprint density at radius 3 is 2.95 bits per heavy atom. The normalized spacial score (nSPS) is 28.4. The number of nitrogens with zero attached hydrogens (tertiary/aromatic N) is 1. The molecule has 2 atom stereocenters. The lowest BCUT2D eigenvalue weighted by Crippen LogP contribution is -2.18. The SMILES string of the molecule is COC(=O)C12Cc3cc4cnc(C5CC5)cc4c(I)c3C1C2. The first-order valence-corrected chi connectivity index (χ1v) is 8.91. The van der Waals surface area contributed by atoms with E-state index in [-0.39, 0.29) is 11.4 Å². The Morgan fingerprint density at radius 2 is 2.23 bits per heavy atom. The first kappa shape index (κ1) is 13.3. The maximum atomic E-state index is 12.2. The number of benzene rings is 1. The van der Waals surface area contributed by atoms with Crippen LogP contribution >= 0.6 is 22.6 Å². The molecule has 0 bridgehead atoms. The summed E-state index contributed by atoms with van der Waals surface area (Å²) in [4.78, 5) is 16.8. The number of halogens is 1. The van der Waals surface area contributed by atoms with E-state index in [1.54, 1.807) is 0 Å². The van der Waals surface area contributed by atoms with Gasteiger partial charge in [-0.05, 0) is 76.9 Å². The second-order valence-electron chi connectivity index (χ2n) is 6.95. The second-order valence-corrected chi connectivity index (χ2v) is 8.03. The Bertz CT molecular complexity index is 843. The number of fused-ring (bicyclic) bond motifs is 4. The third-order valence-corrected chi connectivity index (χ3v) is 6.78. The summed E-state index contributed by atoms with van der Waals surface area (Å²) in [7, 11) is 1.50. The van der Waals surface area contributed by atoms with Gasteiger partial charge in [0.2, 0.25) is 0 Å². The summed E-state index contributed by atoms with van der Waals surface area (Å²) in [6.07, 6.45) is 6.34. The van der Waals surface area contributed by atoms with Gasteiger partial charge in [-0.3, -0.25) is 9.78 Å². The number of hydrogen-bond donors (Lipinski definition) is 0. The lowest BCUT2D eigenvalue weighted by atomic mass is 9.98. The zero-order valence-corrected chi connectivity index (χ0v) is 14.5. The topological polar surface area (TPSA) is 39.2 Å². The number of aromatic nitrogens is 1. The van der Waals surface area contributed by atoms with Crippen molar-refractivity contribution < 1.29 is 9.53 Å². The molecule has 0 spiro atoms. The van der Waals surface area contributed by atoms with Crippen LogP contribution in [0.2, 0.25) is 0 Å². The van der Waals surface area contributed by atoms with Crippen LogP contribution in [0.15, 0.2) is 18.3 Å². The fraction of sp³-hybridized carbons (Fsp3) is 0.444. The zero-order chi connectivity index (χ0) is 15.1. The van der Waals surface area contributed by atoms with E-state index in [4.69, 9.17) is 4.74 Å². The number of carbonyl (C=O) groups is 1. The third-order valence-electron chi connectivity index (χ3n) is 5.62. The summed E-state index contributed by atoms with van der Waals surface area (Å²) < 4.78 is 6.37. The first-order valence-electron chi connectivity index (χ1n) is 7.83. The predicted octanol–water partition coefficient (Wildman–Crippen LogP) is 3.92. The molecule has 112 valence electrons. The van der Waals surface area contributed by atoms with Gasteiger partial charge in [-0.1, -0.05) is 0 Å². The summed E-state index contributed by atoms with van der Waals surface area (Å²) in [5, 5.41) is 2.51. The van der Waals surface area contributed by atoms with Gasteiger partial charge < -0.3 is 4.74 Å². The van der Waals surface area contributed by atoms with Crippen molar-refractivity contribution in [1.82, 2.24) is 4.98 Å². The number of pyridine rings is 1. The van der Waals surface area contributed by atoms with Gasteiger partial charge in [0.1, 0.15) is 0 Å². The van der Waals surface area contributed by atoms with Gasteiger partial charge in [0.15, 0.2) is 0 Å². The van der Waals surface area contributed by atoms with E-state index in [1.165, 1.54) is 51.1 Å². The molecule has 5 rings (SSSR count). The monoisotopic (exact) mass is 405 g/mol. The summed E-state index contributed by atoms with van der Waals surface area (Å²) >= 11 is 2.47. The van der Waals surface area contributed by atoms with Gasteiger partial charge in [-0.25, -0.2) is 0 Å². The summed E-state index contributed by atoms with van der Waals surface area (Å²) in [6, 6.07) is 4.52. The van der Waals surface area contributed by atoms with Crippen molar-refractivity contribution in [3.05, 3.63) is 38.7 Å². The lowest BCUT2D eigenvalue weighted by molar-refractivity contribution is -0.147. The maximum absolute atomic E-state index is 12.2. The van der Waals surface area contributed by atoms with Crippen molar-refractivity contribution in [1.29, 1.82) is 0 Å². The van der Waals surface area contributed by atoms with Crippen molar-refractivity contribution in [3.63, 3.8) is 0 Å². The highest BCUT2D eigenvalue weighted by Gasteiger charge is 2.66. The molecule has 1 aromatic heterocycles. The third kappa shape index (κ3) is 1.62. The molecule has 3 aliphatic carbocycles. The smallest absolute Gasteiger partial charge is 0.312 e. The van der Waals surface area contributed by atoms with Crippen molar-refractivity contribution in [3.8, 4) is 0 Å². The van der Waals surface area contributed by atoms with E-state index >= 15 is 0 Å². The average Bonchev–Trinajstić information content (AvgIpc) is 3.44. The van der Waals surface area contributed by atoms with Gasteiger partial charge in [-0.15, -0.1) is 0 Å². The molecule has 0 N–H and O–H groups in total. The molecule has 2 fully saturated rings. The minimum Gasteiger partial charge on any atom is -0.469 e. The van der Waals surface area contributed by atoms with Crippen LogP contribution in [0, 0.1) is 8.99 Å². The largest absolute Gasteiger partial charge is 0.469 e. The van der Waals surface area contributed by atoms with Crippen molar-refractivity contribution in [2.24, 2.45) is 5.41 Å². The molecule has 0 saturated heterocycles. The predicted molar refractivity (Wildman–Crippen MR) is 91.9 cm³/mol. The number of hydrogen-bond acceptors (Lipinski definition) is 3. The average molecular weight is 405 g/mol. The summed E-state index contributed by atoms with van der Waals surface area (Å²) in [5.74, 6) is 0.998. The van der Waals surface area contributed by atoms with Gasteiger partial charge >= 0.3 is 5.97 Å². The highest BCUT2D eigenvalue weighted by atomic mass is 127. The molecule has 2 unspecified atom stereocenters.